The first-order chi connectivity index (χ1) is 18.7. The number of hydrazone groups is 1. The zero-order valence-electron chi connectivity index (χ0n) is 20.9. The number of aryl methyl sites for hydroxylation is 1. The zero-order chi connectivity index (χ0) is 27.7. The summed E-state index contributed by atoms with van der Waals surface area (Å²) in [5.74, 6) is -0.852. The highest BCUT2D eigenvalue weighted by Crippen LogP contribution is 2.30. The van der Waals surface area contributed by atoms with E-state index in [0.29, 0.717) is 50.3 Å². The molecule has 0 spiro atoms. The average molecular weight is 540 g/mol. The first-order valence-electron chi connectivity index (χ1n) is 11.9. The van der Waals surface area contributed by atoms with Crippen molar-refractivity contribution in [3.8, 4) is 11.3 Å². The molecule has 0 aliphatic carbocycles. The lowest BCUT2D eigenvalue weighted by atomic mass is 10.1. The molecule has 2 amide bonds. The number of hydrogen-bond acceptors (Lipinski definition) is 5. The van der Waals surface area contributed by atoms with Crippen LogP contribution >= 0.6 is 11.6 Å². The lowest BCUT2D eigenvalue weighted by molar-refractivity contribution is -0.114. The first kappa shape index (κ1) is 25.7. The second kappa shape index (κ2) is 10.4. The molecule has 2 heterocycles. The molecule has 0 unspecified atom stereocenters. The number of benzene rings is 3. The van der Waals surface area contributed by atoms with Crippen molar-refractivity contribution in [3.63, 3.8) is 0 Å². The van der Waals surface area contributed by atoms with Crippen molar-refractivity contribution in [1.29, 1.82) is 0 Å². The minimum atomic E-state index is -1.05. The smallest absolute Gasteiger partial charge is 0.335 e. The number of rotatable bonds is 6. The van der Waals surface area contributed by atoms with Crippen LogP contribution in [-0.4, -0.2) is 28.6 Å². The molecular weight excluding hydrogens is 518 g/mol. The minimum absolute atomic E-state index is 0.114. The van der Waals surface area contributed by atoms with E-state index in [4.69, 9.17) is 21.1 Å². The fourth-order valence-electron chi connectivity index (χ4n) is 4.11. The lowest BCUT2D eigenvalue weighted by Gasteiger charge is -2.11. The summed E-state index contributed by atoms with van der Waals surface area (Å²) >= 11 is 6.33. The third-order valence-corrected chi connectivity index (χ3v) is 6.44. The van der Waals surface area contributed by atoms with Gasteiger partial charge in [-0.15, -0.1) is 0 Å². The Bertz CT molecular complexity index is 1680. The Hall–Kier alpha value is -4.95. The van der Waals surface area contributed by atoms with E-state index in [-0.39, 0.29) is 17.4 Å². The highest BCUT2D eigenvalue weighted by Gasteiger charge is 2.29. The van der Waals surface area contributed by atoms with Gasteiger partial charge in [-0.25, -0.2) is 4.79 Å². The Balaban J connectivity index is 1.36. The molecule has 2 N–H and O–H groups in total. The van der Waals surface area contributed by atoms with Crippen LogP contribution in [0.5, 0.6) is 0 Å². The summed E-state index contributed by atoms with van der Waals surface area (Å²) < 4.78 is 5.98. The summed E-state index contributed by atoms with van der Waals surface area (Å²) in [6.07, 6.45) is 1.59. The molecular formula is C30H22ClN3O5. The number of aromatic carboxylic acids is 1. The van der Waals surface area contributed by atoms with Crippen molar-refractivity contribution in [2.24, 2.45) is 5.10 Å². The quantitative estimate of drug-likeness (QED) is 0.266. The molecule has 8 nitrogen and oxygen atoms in total. The van der Waals surface area contributed by atoms with Gasteiger partial charge in [0.25, 0.3) is 11.8 Å². The Kier molecular flexibility index (Phi) is 6.87. The van der Waals surface area contributed by atoms with Gasteiger partial charge in [-0.1, -0.05) is 23.7 Å². The van der Waals surface area contributed by atoms with Gasteiger partial charge in [-0.2, -0.15) is 10.1 Å². The van der Waals surface area contributed by atoms with Crippen LogP contribution in [0.1, 0.15) is 39.0 Å². The van der Waals surface area contributed by atoms with E-state index in [1.807, 2.05) is 25.1 Å². The van der Waals surface area contributed by atoms with Gasteiger partial charge in [-0.05, 0) is 92.2 Å². The highest BCUT2D eigenvalue weighted by molar-refractivity contribution is 6.34. The maximum atomic E-state index is 13.1. The van der Waals surface area contributed by atoms with Gasteiger partial charge in [-0.3, -0.25) is 9.59 Å². The van der Waals surface area contributed by atoms with E-state index in [1.54, 1.807) is 49.4 Å². The molecule has 1 aromatic heterocycles. The molecule has 3 aromatic carbocycles. The van der Waals surface area contributed by atoms with Gasteiger partial charge < -0.3 is 14.8 Å². The largest absolute Gasteiger partial charge is 0.478 e. The van der Waals surface area contributed by atoms with Gasteiger partial charge >= 0.3 is 5.97 Å². The number of furan rings is 1. The van der Waals surface area contributed by atoms with Crippen LogP contribution in [0.15, 0.2) is 94.0 Å². The second-order valence-corrected chi connectivity index (χ2v) is 9.34. The molecule has 39 heavy (non-hydrogen) atoms. The Morgan fingerprint density at radius 3 is 2.49 bits per heavy atom. The summed E-state index contributed by atoms with van der Waals surface area (Å²) in [5, 5.41) is 17.8. The summed E-state index contributed by atoms with van der Waals surface area (Å²) in [6, 6.07) is 21.8. The van der Waals surface area contributed by atoms with Gasteiger partial charge in [0.15, 0.2) is 0 Å². The molecule has 0 radical (unpaired) electrons. The molecule has 9 heteroatoms. The third-order valence-electron chi connectivity index (χ3n) is 6.11. The Morgan fingerprint density at radius 1 is 1.00 bits per heavy atom. The number of carboxylic acids is 1. The molecule has 0 bridgehead atoms. The molecule has 194 valence electrons. The number of amides is 2. The average Bonchev–Trinajstić information content (AvgIpc) is 3.49. The van der Waals surface area contributed by atoms with Crippen LogP contribution in [0, 0.1) is 6.92 Å². The van der Waals surface area contributed by atoms with Gasteiger partial charge in [0.05, 0.1) is 33.1 Å². The number of hydrogen-bond donors (Lipinski definition) is 2. The van der Waals surface area contributed by atoms with Crippen LogP contribution in [0.3, 0.4) is 0 Å². The number of nitrogens with one attached hydrogen (secondary N) is 1. The van der Waals surface area contributed by atoms with E-state index in [0.717, 1.165) is 5.56 Å². The van der Waals surface area contributed by atoms with Crippen molar-refractivity contribution >= 4 is 52.5 Å². The fourth-order valence-corrected chi connectivity index (χ4v) is 4.31. The van der Waals surface area contributed by atoms with Crippen molar-refractivity contribution in [2.45, 2.75) is 13.8 Å². The predicted octanol–water partition coefficient (Wildman–Crippen LogP) is 6.67. The number of carbonyl (C=O) groups excluding carboxylic acids is 2. The van der Waals surface area contributed by atoms with E-state index in [1.165, 1.54) is 29.3 Å². The lowest BCUT2D eigenvalue weighted by Crippen LogP contribution is -2.21. The fraction of sp³-hybridized carbons (Fsp3) is 0.0667. The molecule has 0 atom stereocenters. The van der Waals surface area contributed by atoms with E-state index < -0.39 is 5.97 Å². The minimum Gasteiger partial charge on any atom is -0.478 e. The molecule has 0 saturated heterocycles. The SMILES string of the molecule is CC1=NN(c2ccc(C(=O)O)cc2)C(=O)/C1=C\c1ccc(-c2ccc(Cl)c(C(=O)Nc3cccc(C)c3)c2)o1. The topological polar surface area (TPSA) is 112 Å². The third kappa shape index (κ3) is 5.37. The Morgan fingerprint density at radius 2 is 1.77 bits per heavy atom. The number of carbonyl (C=O) groups is 3. The van der Waals surface area contributed by atoms with E-state index in [9.17, 15) is 14.4 Å². The molecule has 5 rings (SSSR count). The summed E-state index contributed by atoms with van der Waals surface area (Å²) in [7, 11) is 0. The van der Waals surface area contributed by atoms with Crippen molar-refractivity contribution in [3.05, 3.63) is 112 Å². The van der Waals surface area contributed by atoms with Gasteiger partial charge in [0.1, 0.15) is 11.5 Å². The van der Waals surface area contributed by atoms with Crippen LogP contribution in [0.25, 0.3) is 17.4 Å². The van der Waals surface area contributed by atoms with Crippen molar-refractivity contribution in [1.82, 2.24) is 0 Å². The first-order valence-corrected chi connectivity index (χ1v) is 12.3. The van der Waals surface area contributed by atoms with E-state index >= 15 is 0 Å². The number of anilines is 2. The normalized spacial score (nSPS) is 14.0. The second-order valence-electron chi connectivity index (χ2n) is 8.93. The summed E-state index contributed by atoms with van der Waals surface area (Å²) in [5.41, 5.74) is 4.01. The summed E-state index contributed by atoms with van der Waals surface area (Å²) in [4.78, 5) is 37.1. The Labute approximate surface area is 228 Å². The molecule has 0 saturated carbocycles. The van der Waals surface area contributed by atoms with Crippen LogP contribution in [-0.2, 0) is 4.79 Å². The maximum Gasteiger partial charge on any atom is 0.335 e. The van der Waals surface area contributed by atoms with Crippen LogP contribution < -0.4 is 10.3 Å². The van der Waals surface area contributed by atoms with Crippen LogP contribution in [0.4, 0.5) is 11.4 Å². The molecule has 4 aromatic rings. The van der Waals surface area contributed by atoms with Crippen molar-refractivity contribution in [2.75, 3.05) is 10.3 Å². The molecule has 1 aliphatic rings. The number of nitrogens with zero attached hydrogens (tertiary/aromatic N) is 2. The van der Waals surface area contributed by atoms with Gasteiger partial charge in [0.2, 0.25) is 0 Å². The van der Waals surface area contributed by atoms with Gasteiger partial charge in [0, 0.05) is 11.3 Å². The molecule has 0 fully saturated rings. The number of carboxylic acid groups (broad SMARTS) is 1. The van der Waals surface area contributed by atoms with Crippen molar-refractivity contribution < 1.29 is 23.9 Å². The molecule has 1 aliphatic heterocycles. The standard InChI is InChI=1S/C30H22ClN3O5/c1-17-4-3-5-21(14-17)32-28(35)25-15-20(8-12-26(25)31)27-13-11-23(39-27)16-24-18(2)33-34(29(24)36)22-9-6-19(7-10-22)30(37)38/h3-16H,1-2H3,(H,32,35)(H,37,38)/b24-16-. The monoisotopic (exact) mass is 539 g/mol. The number of halogens is 1. The maximum absolute atomic E-state index is 13.1. The zero-order valence-corrected chi connectivity index (χ0v) is 21.7. The summed E-state index contributed by atoms with van der Waals surface area (Å²) in [6.45, 7) is 3.65. The van der Waals surface area contributed by atoms with Crippen LogP contribution in [0.2, 0.25) is 5.02 Å². The highest BCUT2D eigenvalue weighted by atomic mass is 35.5. The van der Waals surface area contributed by atoms with E-state index in [2.05, 4.69) is 10.4 Å². The predicted molar refractivity (Wildman–Crippen MR) is 150 cm³/mol.